The van der Waals surface area contributed by atoms with Crippen molar-refractivity contribution in [3.63, 3.8) is 0 Å². The molecule has 20 heavy (non-hydrogen) atoms. The van der Waals surface area contributed by atoms with E-state index in [0.29, 0.717) is 12.2 Å². The molecule has 0 saturated carbocycles. The average molecular weight is 286 g/mol. The van der Waals surface area contributed by atoms with E-state index in [-0.39, 0.29) is 11.2 Å². The highest BCUT2D eigenvalue weighted by Crippen LogP contribution is 2.40. The van der Waals surface area contributed by atoms with Gasteiger partial charge in [0, 0.05) is 13.2 Å². The number of hydrogen-bond acceptors (Lipinski definition) is 4. The lowest BCUT2D eigenvalue weighted by Gasteiger charge is -2.12. The van der Waals surface area contributed by atoms with Crippen LogP contribution in [-0.4, -0.2) is 49.8 Å². The molecule has 4 heteroatoms. The standard InChI is InChI=1S/C16H30O4/c1-5-15(13(3)19-15)11-17-9-7-8-10-18-12-16(6-2)14(4)20-16/h13-14H,5-12H2,1-4H3. The number of epoxide rings is 2. The van der Waals surface area contributed by atoms with Gasteiger partial charge in [0.2, 0.25) is 0 Å². The van der Waals surface area contributed by atoms with Crippen molar-refractivity contribution in [3.8, 4) is 0 Å². The Balaban J connectivity index is 1.41. The van der Waals surface area contributed by atoms with Gasteiger partial charge in [-0.2, -0.15) is 0 Å². The van der Waals surface area contributed by atoms with Crippen LogP contribution < -0.4 is 0 Å². The van der Waals surface area contributed by atoms with Crippen molar-refractivity contribution in [2.75, 3.05) is 26.4 Å². The molecule has 2 rings (SSSR count). The first-order valence-corrected chi connectivity index (χ1v) is 8.09. The average Bonchev–Trinajstić information content (AvgIpc) is 3.30. The molecule has 2 heterocycles. The molecule has 0 aliphatic carbocycles. The van der Waals surface area contributed by atoms with Crippen LogP contribution in [0.4, 0.5) is 0 Å². The molecule has 0 spiro atoms. The Morgan fingerprint density at radius 3 is 1.40 bits per heavy atom. The molecule has 4 atom stereocenters. The van der Waals surface area contributed by atoms with Crippen LogP contribution in [0.1, 0.15) is 53.4 Å². The summed E-state index contributed by atoms with van der Waals surface area (Å²) in [6.45, 7) is 11.6. The summed E-state index contributed by atoms with van der Waals surface area (Å²) in [7, 11) is 0. The summed E-state index contributed by atoms with van der Waals surface area (Å²) in [5.41, 5.74) is 0.0346. The smallest absolute Gasteiger partial charge is 0.117 e. The number of ether oxygens (including phenoxy) is 4. The van der Waals surface area contributed by atoms with E-state index in [2.05, 4.69) is 27.7 Å². The normalized spacial score (nSPS) is 39.0. The summed E-state index contributed by atoms with van der Waals surface area (Å²) in [5.74, 6) is 0. The van der Waals surface area contributed by atoms with Gasteiger partial charge in [-0.05, 0) is 39.5 Å². The first kappa shape index (κ1) is 16.2. The summed E-state index contributed by atoms with van der Waals surface area (Å²) in [5, 5.41) is 0. The lowest BCUT2D eigenvalue weighted by atomic mass is 10.0. The summed E-state index contributed by atoms with van der Waals surface area (Å²) in [6, 6.07) is 0. The van der Waals surface area contributed by atoms with Gasteiger partial charge in [0.1, 0.15) is 11.2 Å². The molecule has 0 aromatic rings. The zero-order valence-electron chi connectivity index (χ0n) is 13.4. The van der Waals surface area contributed by atoms with Gasteiger partial charge in [-0.25, -0.2) is 0 Å². The molecule has 0 aromatic heterocycles. The summed E-state index contributed by atoms with van der Waals surface area (Å²) < 4.78 is 22.6. The van der Waals surface area contributed by atoms with Crippen molar-refractivity contribution in [1.29, 1.82) is 0 Å². The van der Waals surface area contributed by atoms with Crippen LogP contribution >= 0.6 is 0 Å². The largest absolute Gasteiger partial charge is 0.378 e. The zero-order chi connectivity index (χ0) is 14.6. The van der Waals surface area contributed by atoms with Gasteiger partial charge >= 0.3 is 0 Å². The van der Waals surface area contributed by atoms with Crippen LogP contribution in [0, 0.1) is 0 Å². The van der Waals surface area contributed by atoms with E-state index in [1.807, 2.05) is 0 Å². The summed E-state index contributed by atoms with van der Waals surface area (Å²) >= 11 is 0. The lowest BCUT2D eigenvalue weighted by Crippen LogP contribution is -2.22. The molecule has 0 aromatic carbocycles. The Labute approximate surface area is 123 Å². The fourth-order valence-corrected chi connectivity index (χ4v) is 2.78. The third kappa shape index (κ3) is 3.73. The molecule has 0 N–H and O–H groups in total. The van der Waals surface area contributed by atoms with Crippen molar-refractivity contribution < 1.29 is 18.9 Å². The third-order valence-corrected chi connectivity index (χ3v) is 4.91. The van der Waals surface area contributed by atoms with Gasteiger partial charge in [0.05, 0.1) is 25.4 Å². The van der Waals surface area contributed by atoms with E-state index < -0.39 is 0 Å². The van der Waals surface area contributed by atoms with Crippen molar-refractivity contribution in [1.82, 2.24) is 0 Å². The molecule has 4 unspecified atom stereocenters. The van der Waals surface area contributed by atoms with Crippen molar-refractivity contribution in [2.45, 2.75) is 76.8 Å². The van der Waals surface area contributed by atoms with Crippen LogP contribution in [-0.2, 0) is 18.9 Å². The second-order valence-electron chi connectivity index (χ2n) is 6.17. The monoisotopic (exact) mass is 286 g/mol. The fraction of sp³-hybridized carbons (Fsp3) is 1.00. The van der Waals surface area contributed by atoms with Crippen LogP contribution in [0.3, 0.4) is 0 Å². The molecule has 0 amide bonds. The maximum absolute atomic E-state index is 5.72. The minimum absolute atomic E-state index is 0.0173. The van der Waals surface area contributed by atoms with E-state index in [4.69, 9.17) is 18.9 Å². The topological polar surface area (TPSA) is 43.5 Å². The van der Waals surface area contributed by atoms with Crippen molar-refractivity contribution in [2.24, 2.45) is 0 Å². The maximum atomic E-state index is 5.72. The van der Waals surface area contributed by atoms with Gasteiger partial charge < -0.3 is 18.9 Å². The van der Waals surface area contributed by atoms with Gasteiger partial charge in [-0.15, -0.1) is 0 Å². The molecule has 2 saturated heterocycles. The predicted molar refractivity (Wildman–Crippen MR) is 78.0 cm³/mol. The minimum Gasteiger partial charge on any atom is -0.378 e. The Hall–Kier alpha value is -0.160. The van der Waals surface area contributed by atoms with Crippen LogP contribution in [0.2, 0.25) is 0 Å². The molecular formula is C16H30O4. The SMILES string of the molecule is CCC1(COCCCCOCC2(CC)OC2C)OC1C. The quantitative estimate of drug-likeness (QED) is 0.433. The summed E-state index contributed by atoms with van der Waals surface area (Å²) in [4.78, 5) is 0. The van der Waals surface area contributed by atoms with E-state index in [1.54, 1.807) is 0 Å². The second kappa shape index (κ2) is 6.73. The van der Waals surface area contributed by atoms with E-state index in [0.717, 1.165) is 52.1 Å². The molecule has 0 bridgehead atoms. The molecule has 4 nitrogen and oxygen atoms in total. The van der Waals surface area contributed by atoms with E-state index >= 15 is 0 Å². The summed E-state index contributed by atoms with van der Waals surface area (Å²) in [6.07, 6.45) is 4.89. The molecule has 118 valence electrons. The second-order valence-corrected chi connectivity index (χ2v) is 6.17. The third-order valence-electron chi connectivity index (χ3n) is 4.91. The highest BCUT2D eigenvalue weighted by molar-refractivity contribution is 4.99. The molecular weight excluding hydrogens is 256 g/mol. The maximum Gasteiger partial charge on any atom is 0.117 e. The van der Waals surface area contributed by atoms with Crippen LogP contribution in [0.25, 0.3) is 0 Å². The van der Waals surface area contributed by atoms with Crippen LogP contribution in [0.15, 0.2) is 0 Å². The fourth-order valence-electron chi connectivity index (χ4n) is 2.78. The van der Waals surface area contributed by atoms with E-state index in [1.165, 1.54) is 0 Å². The Morgan fingerprint density at radius 1 is 0.800 bits per heavy atom. The Morgan fingerprint density at radius 2 is 1.15 bits per heavy atom. The highest BCUT2D eigenvalue weighted by Gasteiger charge is 2.52. The highest BCUT2D eigenvalue weighted by atomic mass is 16.6. The minimum atomic E-state index is 0.0173. The zero-order valence-corrected chi connectivity index (χ0v) is 13.4. The van der Waals surface area contributed by atoms with Crippen molar-refractivity contribution in [3.05, 3.63) is 0 Å². The Bertz CT molecular complexity index is 271. The van der Waals surface area contributed by atoms with Crippen LogP contribution in [0.5, 0.6) is 0 Å². The predicted octanol–water partition coefficient (Wildman–Crippen LogP) is 2.93. The van der Waals surface area contributed by atoms with Gasteiger partial charge in [0.25, 0.3) is 0 Å². The molecule has 0 radical (unpaired) electrons. The first-order chi connectivity index (χ1) is 9.58. The van der Waals surface area contributed by atoms with Gasteiger partial charge in [0.15, 0.2) is 0 Å². The van der Waals surface area contributed by atoms with E-state index in [9.17, 15) is 0 Å². The molecule has 2 aliphatic rings. The first-order valence-electron chi connectivity index (χ1n) is 8.09. The number of hydrogen-bond donors (Lipinski definition) is 0. The van der Waals surface area contributed by atoms with Crippen molar-refractivity contribution >= 4 is 0 Å². The van der Waals surface area contributed by atoms with Gasteiger partial charge in [-0.3, -0.25) is 0 Å². The molecule has 2 aliphatic heterocycles. The molecule has 2 fully saturated rings. The Kier molecular flexibility index (Phi) is 5.46. The lowest BCUT2D eigenvalue weighted by molar-refractivity contribution is 0.0549. The number of rotatable bonds is 11. The van der Waals surface area contributed by atoms with Gasteiger partial charge in [-0.1, -0.05) is 13.8 Å². The number of unbranched alkanes of at least 4 members (excludes halogenated alkanes) is 1.